The predicted molar refractivity (Wildman–Crippen MR) is 72.0 cm³/mol. The zero-order valence-corrected chi connectivity index (χ0v) is 11.1. The van der Waals surface area contributed by atoms with Gasteiger partial charge in [-0.05, 0) is 5.56 Å². The van der Waals surface area contributed by atoms with Crippen LogP contribution < -0.4 is 5.32 Å². The van der Waals surface area contributed by atoms with E-state index in [-0.39, 0.29) is 26.0 Å². The van der Waals surface area contributed by atoms with Gasteiger partial charge in [-0.3, -0.25) is 9.59 Å². The number of amides is 1. The van der Waals surface area contributed by atoms with Gasteiger partial charge in [0.15, 0.2) is 0 Å². The van der Waals surface area contributed by atoms with Crippen LogP contribution in [0.4, 0.5) is 0 Å². The van der Waals surface area contributed by atoms with Crippen LogP contribution in [0.3, 0.4) is 0 Å². The lowest BCUT2D eigenvalue weighted by molar-refractivity contribution is -0.138. The lowest BCUT2D eigenvalue weighted by atomic mass is 10.2. The molecule has 0 radical (unpaired) electrons. The number of rotatable bonds is 9. The van der Waals surface area contributed by atoms with Crippen molar-refractivity contribution in [3.05, 3.63) is 35.9 Å². The molecule has 0 aliphatic carbocycles. The van der Waals surface area contributed by atoms with E-state index in [9.17, 15) is 14.7 Å². The van der Waals surface area contributed by atoms with Crippen LogP contribution >= 0.6 is 0 Å². The fourth-order valence-corrected chi connectivity index (χ4v) is 1.49. The fraction of sp³-hybridized carbons (Fsp3) is 0.429. The van der Waals surface area contributed by atoms with E-state index in [2.05, 4.69) is 5.32 Å². The summed E-state index contributed by atoms with van der Waals surface area (Å²) in [5.74, 6) is -1.42. The SMILES string of the molecule is O=C(O)CCC(=O)NCC(O)COCc1ccccc1. The van der Waals surface area contributed by atoms with Crippen LogP contribution in [0.15, 0.2) is 30.3 Å². The molecule has 3 N–H and O–H groups in total. The molecule has 0 bridgehead atoms. The highest BCUT2D eigenvalue weighted by Gasteiger charge is 2.09. The molecular weight excluding hydrogens is 262 g/mol. The Morgan fingerprint density at radius 2 is 1.90 bits per heavy atom. The van der Waals surface area contributed by atoms with Crippen molar-refractivity contribution in [1.82, 2.24) is 5.32 Å². The molecule has 1 atom stereocenters. The molecule has 6 heteroatoms. The lowest BCUT2D eigenvalue weighted by Crippen LogP contribution is -2.34. The number of ether oxygens (including phenoxy) is 1. The van der Waals surface area contributed by atoms with Crippen molar-refractivity contribution in [3.63, 3.8) is 0 Å². The van der Waals surface area contributed by atoms with Gasteiger partial charge in [-0.25, -0.2) is 0 Å². The van der Waals surface area contributed by atoms with Gasteiger partial charge in [0, 0.05) is 13.0 Å². The number of hydrogen-bond acceptors (Lipinski definition) is 4. The Bertz CT molecular complexity index is 421. The average molecular weight is 281 g/mol. The molecular formula is C14H19NO5. The van der Waals surface area contributed by atoms with Crippen LogP contribution in [0.1, 0.15) is 18.4 Å². The van der Waals surface area contributed by atoms with E-state index in [4.69, 9.17) is 9.84 Å². The third-order valence-electron chi connectivity index (χ3n) is 2.52. The van der Waals surface area contributed by atoms with Crippen molar-refractivity contribution in [2.75, 3.05) is 13.2 Å². The third kappa shape index (κ3) is 7.50. The number of benzene rings is 1. The summed E-state index contributed by atoms with van der Waals surface area (Å²) in [6, 6.07) is 9.54. The minimum atomic E-state index is -1.02. The second kappa shape index (κ2) is 9.06. The summed E-state index contributed by atoms with van der Waals surface area (Å²) in [4.78, 5) is 21.5. The van der Waals surface area contributed by atoms with Gasteiger partial charge >= 0.3 is 5.97 Å². The van der Waals surface area contributed by atoms with E-state index < -0.39 is 18.0 Å². The Kier molecular flexibility index (Phi) is 7.31. The summed E-state index contributed by atoms with van der Waals surface area (Å²) in [6.45, 7) is 0.548. The molecule has 0 spiro atoms. The first-order chi connectivity index (χ1) is 9.58. The standard InChI is InChI=1S/C14H19NO5/c16-12(8-15-13(17)6-7-14(18)19)10-20-9-11-4-2-1-3-5-11/h1-5,12,16H,6-10H2,(H,15,17)(H,18,19). The largest absolute Gasteiger partial charge is 0.481 e. The molecule has 1 amide bonds. The maximum atomic E-state index is 11.2. The first-order valence-electron chi connectivity index (χ1n) is 6.36. The molecule has 1 aromatic carbocycles. The molecule has 0 fully saturated rings. The van der Waals surface area contributed by atoms with E-state index in [0.717, 1.165) is 5.56 Å². The van der Waals surface area contributed by atoms with Gasteiger partial charge < -0.3 is 20.3 Å². The van der Waals surface area contributed by atoms with Gasteiger partial charge in [-0.1, -0.05) is 30.3 Å². The normalized spacial score (nSPS) is 11.8. The first-order valence-corrected chi connectivity index (χ1v) is 6.36. The Hall–Kier alpha value is -1.92. The number of carboxylic acids is 1. The first kappa shape index (κ1) is 16.1. The number of carboxylic acid groups (broad SMARTS) is 1. The molecule has 110 valence electrons. The number of carbonyl (C=O) groups is 2. The van der Waals surface area contributed by atoms with Crippen LogP contribution in [0.25, 0.3) is 0 Å². The van der Waals surface area contributed by atoms with Gasteiger partial charge in [0.2, 0.25) is 5.91 Å². The maximum Gasteiger partial charge on any atom is 0.303 e. The van der Waals surface area contributed by atoms with Crippen LogP contribution in [0.2, 0.25) is 0 Å². The molecule has 0 saturated carbocycles. The summed E-state index contributed by atoms with van der Waals surface area (Å²) in [7, 11) is 0. The second-order valence-electron chi connectivity index (χ2n) is 4.35. The van der Waals surface area contributed by atoms with Gasteiger partial charge in [0.25, 0.3) is 0 Å². The average Bonchev–Trinajstić information content (AvgIpc) is 2.44. The number of aliphatic hydroxyl groups is 1. The van der Waals surface area contributed by atoms with Crippen molar-refractivity contribution in [3.8, 4) is 0 Å². The molecule has 1 unspecified atom stereocenters. The van der Waals surface area contributed by atoms with E-state index in [1.54, 1.807) is 0 Å². The van der Waals surface area contributed by atoms with Gasteiger partial charge in [0.1, 0.15) is 0 Å². The zero-order chi connectivity index (χ0) is 14.8. The molecule has 1 aromatic rings. The minimum absolute atomic E-state index is 0.0489. The molecule has 0 saturated heterocycles. The Labute approximate surface area is 117 Å². The van der Waals surface area contributed by atoms with Gasteiger partial charge in [0.05, 0.1) is 25.7 Å². The van der Waals surface area contributed by atoms with E-state index in [1.807, 2.05) is 30.3 Å². The monoisotopic (exact) mass is 281 g/mol. The van der Waals surface area contributed by atoms with Crippen LogP contribution in [0, 0.1) is 0 Å². The van der Waals surface area contributed by atoms with Gasteiger partial charge in [-0.2, -0.15) is 0 Å². The Morgan fingerprint density at radius 1 is 1.20 bits per heavy atom. The van der Waals surface area contributed by atoms with Crippen molar-refractivity contribution >= 4 is 11.9 Å². The number of aliphatic hydroxyl groups excluding tert-OH is 1. The summed E-state index contributed by atoms with van der Waals surface area (Å²) >= 11 is 0. The number of nitrogens with one attached hydrogen (secondary N) is 1. The van der Waals surface area contributed by atoms with E-state index in [0.29, 0.717) is 6.61 Å². The summed E-state index contributed by atoms with van der Waals surface area (Å²) in [5.41, 5.74) is 1.00. The molecule has 0 aromatic heterocycles. The molecule has 20 heavy (non-hydrogen) atoms. The maximum absolute atomic E-state index is 11.2. The smallest absolute Gasteiger partial charge is 0.303 e. The molecule has 6 nitrogen and oxygen atoms in total. The van der Waals surface area contributed by atoms with Gasteiger partial charge in [-0.15, -0.1) is 0 Å². The molecule has 0 heterocycles. The molecule has 0 aliphatic rings. The van der Waals surface area contributed by atoms with Crippen LogP contribution in [-0.2, 0) is 20.9 Å². The highest BCUT2D eigenvalue weighted by molar-refractivity contribution is 5.80. The third-order valence-corrected chi connectivity index (χ3v) is 2.52. The Balaban J connectivity index is 2.09. The predicted octanol–water partition coefficient (Wildman–Crippen LogP) is 0.545. The number of carbonyl (C=O) groups excluding carboxylic acids is 1. The van der Waals surface area contributed by atoms with Crippen molar-refractivity contribution < 1.29 is 24.5 Å². The van der Waals surface area contributed by atoms with Crippen molar-refractivity contribution in [2.24, 2.45) is 0 Å². The lowest BCUT2D eigenvalue weighted by Gasteiger charge is -2.12. The van der Waals surface area contributed by atoms with Crippen LogP contribution in [-0.4, -0.2) is 41.3 Å². The molecule has 1 rings (SSSR count). The van der Waals surface area contributed by atoms with E-state index in [1.165, 1.54) is 0 Å². The fourth-order valence-electron chi connectivity index (χ4n) is 1.49. The van der Waals surface area contributed by atoms with Crippen molar-refractivity contribution in [2.45, 2.75) is 25.6 Å². The van der Waals surface area contributed by atoms with E-state index >= 15 is 0 Å². The number of aliphatic carboxylic acids is 1. The highest BCUT2D eigenvalue weighted by atomic mass is 16.5. The number of hydrogen-bond donors (Lipinski definition) is 3. The molecule has 0 aliphatic heterocycles. The Morgan fingerprint density at radius 3 is 2.55 bits per heavy atom. The minimum Gasteiger partial charge on any atom is -0.481 e. The van der Waals surface area contributed by atoms with Crippen LogP contribution in [0.5, 0.6) is 0 Å². The quantitative estimate of drug-likeness (QED) is 0.614. The zero-order valence-electron chi connectivity index (χ0n) is 11.1. The highest BCUT2D eigenvalue weighted by Crippen LogP contribution is 2.00. The summed E-state index contributed by atoms with van der Waals surface area (Å²) < 4.78 is 5.32. The topological polar surface area (TPSA) is 95.9 Å². The summed E-state index contributed by atoms with van der Waals surface area (Å²) in [5, 5.41) is 20.5. The van der Waals surface area contributed by atoms with Crippen molar-refractivity contribution in [1.29, 1.82) is 0 Å². The summed E-state index contributed by atoms with van der Waals surface area (Å²) in [6.07, 6.45) is -1.12. The second-order valence-corrected chi connectivity index (χ2v) is 4.35.